The van der Waals surface area contributed by atoms with Crippen LogP contribution in [0, 0.1) is 28.9 Å². The van der Waals surface area contributed by atoms with Gasteiger partial charge in [-0.3, -0.25) is 4.79 Å². The van der Waals surface area contributed by atoms with Gasteiger partial charge in [-0.05, 0) is 31.2 Å². The number of nitrogens with one attached hydrogen (secondary N) is 1. The maximum atomic E-state index is 13.0. The summed E-state index contributed by atoms with van der Waals surface area (Å²) in [4.78, 5) is 15.5. The number of quaternary nitrogens is 1. The number of hydrogen-bond acceptors (Lipinski definition) is 3. The molecule has 5 fully saturated rings. The van der Waals surface area contributed by atoms with Crippen LogP contribution >= 0.6 is 0 Å². The third kappa shape index (κ3) is 3.53. The zero-order valence-corrected chi connectivity index (χ0v) is 16.1. The summed E-state index contributed by atoms with van der Waals surface area (Å²) in [5, 5.41) is 16.1. The third-order valence-corrected chi connectivity index (χ3v) is 7.49. The molecule has 1 aromatic rings. The van der Waals surface area contributed by atoms with Gasteiger partial charge in [0.05, 0.1) is 25.6 Å². The molecule has 146 valence electrons. The second-order valence-corrected chi connectivity index (χ2v) is 9.52. The summed E-state index contributed by atoms with van der Waals surface area (Å²) in [5.41, 5.74) is 1.38. The van der Waals surface area contributed by atoms with Crippen LogP contribution < -0.4 is 5.32 Å². The summed E-state index contributed by atoms with van der Waals surface area (Å²) in [6.07, 6.45) is 4.32. The van der Waals surface area contributed by atoms with Gasteiger partial charge in [-0.25, -0.2) is 0 Å². The molecule has 1 aliphatic carbocycles. The quantitative estimate of drug-likeness (QED) is 0.638. The fourth-order valence-electron chi connectivity index (χ4n) is 6.52. The van der Waals surface area contributed by atoms with Gasteiger partial charge in [-0.2, -0.15) is 0 Å². The first-order valence-electron chi connectivity index (χ1n) is 10.7. The standard InChI is InChI=1S/C22H31N3O2/c26-22(21-18-10-17-11-19(21)15-25(27,13-17)14-18)23-20-7-9-24(12-20)8-6-16-4-2-1-3-5-16/h1-5,17-21H,6-15H2,(H,23,26)/t17?,18?,19?,20-,21?,25?/m0/s1. The minimum Gasteiger partial charge on any atom is -0.633 e. The van der Waals surface area contributed by atoms with Crippen molar-refractivity contribution in [3.8, 4) is 0 Å². The summed E-state index contributed by atoms with van der Waals surface area (Å²) in [7, 11) is 0. The maximum absolute atomic E-state index is 13.0. The van der Waals surface area contributed by atoms with Crippen LogP contribution in [-0.2, 0) is 11.2 Å². The van der Waals surface area contributed by atoms with Crippen molar-refractivity contribution in [3.63, 3.8) is 0 Å². The van der Waals surface area contributed by atoms with E-state index in [0.29, 0.717) is 30.8 Å². The summed E-state index contributed by atoms with van der Waals surface area (Å²) in [6.45, 7) is 5.25. The summed E-state index contributed by atoms with van der Waals surface area (Å²) >= 11 is 0. The number of rotatable bonds is 5. The van der Waals surface area contributed by atoms with E-state index in [2.05, 4.69) is 40.5 Å². The van der Waals surface area contributed by atoms with Crippen LogP contribution in [-0.4, -0.2) is 60.8 Å². The molecular formula is C22H31N3O2. The van der Waals surface area contributed by atoms with Crippen LogP contribution in [0.15, 0.2) is 30.3 Å². The minimum absolute atomic E-state index is 0.0134. The van der Waals surface area contributed by atoms with E-state index in [-0.39, 0.29) is 22.5 Å². The molecule has 2 unspecified atom stereocenters. The molecule has 4 bridgehead atoms. The third-order valence-electron chi connectivity index (χ3n) is 7.49. The first-order chi connectivity index (χ1) is 13.1. The summed E-state index contributed by atoms with van der Waals surface area (Å²) < 4.78 is -0.0134. The summed E-state index contributed by atoms with van der Waals surface area (Å²) in [5.74, 6) is 1.56. The van der Waals surface area contributed by atoms with Gasteiger partial charge < -0.3 is 20.1 Å². The lowest BCUT2D eigenvalue weighted by molar-refractivity contribution is -0.911. The second kappa shape index (κ2) is 6.87. The highest BCUT2D eigenvalue weighted by Gasteiger charge is 2.55. The van der Waals surface area contributed by atoms with Crippen molar-refractivity contribution in [3.05, 3.63) is 41.1 Å². The van der Waals surface area contributed by atoms with Crippen LogP contribution in [0.4, 0.5) is 0 Å². The van der Waals surface area contributed by atoms with E-state index in [0.717, 1.165) is 51.9 Å². The first kappa shape index (κ1) is 17.7. The molecule has 1 amide bonds. The molecule has 0 aromatic heterocycles. The Morgan fingerprint density at radius 3 is 2.59 bits per heavy atom. The van der Waals surface area contributed by atoms with E-state index >= 15 is 0 Å². The molecule has 5 nitrogen and oxygen atoms in total. The highest BCUT2D eigenvalue weighted by molar-refractivity contribution is 5.80. The number of amides is 1. The normalized spacial score (nSPS) is 40.4. The lowest BCUT2D eigenvalue weighted by Gasteiger charge is -2.62. The molecule has 27 heavy (non-hydrogen) atoms. The molecule has 0 spiro atoms. The largest absolute Gasteiger partial charge is 0.633 e. The molecule has 1 N–H and O–H groups in total. The molecule has 1 saturated carbocycles. The molecule has 3 atom stereocenters. The van der Waals surface area contributed by atoms with Crippen molar-refractivity contribution in [1.29, 1.82) is 0 Å². The SMILES string of the molecule is O=C(N[C@H]1CCN(CCc2ccccc2)C1)C1C2CC3CC1C[N+]([O-])(C3)C2. The van der Waals surface area contributed by atoms with E-state index in [1.165, 1.54) is 5.56 Å². The molecule has 5 heteroatoms. The van der Waals surface area contributed by atoms with Crippen LogP contribution in [0.1, 0.15) is 24.8 Å². The molecule has 4 heterocycles. The van der Waals surface area contributed by atoms with Crippen LogP contribution in [0.25, 0.3) is 0 Å². The van der Waals surface area contributed by atoms with Gasteiger partial charge in [0.2, 0.25) is 5.91 Å². The van der Waals surface area contributed by atoms with E-state index in [1.54, 1.807) is 0 Å². The van der Waals surface area contributed by atoms with Crippen molar-refractivity contribution in [2.24, 2.45) is 23.7 Å². The van der Waals surface area contributed by atoms with Gasteiger partial charge in [0.1, 0.15) is 0 Å². The van der Waals surface area contributed by atoms with Gasteiger partial charge in [0.15, 0.2) is 0 Å². The van der Waals surface area contributed by atoms with E-state index in [9.17, 15) is 10.0 Å². The zero-order valence-electron chi connectivity index (χ0n) is 16.1. The number of benzene rings is 1. The monoisotopic (exact) mass is 369 g/mol. The molecular weight excluding hydrogens is 338 g/mol. The number of carbonyl (C=O) groups is 1. The molecule has 5 aliphatic rings. The number of carbonyl (C=O) groups excluding carboxylic acids is 1. The predicted octanol–water partition coefficient (Wildman–Crippen LogP) is 2.02. The average molecular weight is 370 g/mol. The van der Waals surface area contributed by atoms with Gasteiger partial charge in [0.25, 0.3) is 0 Å². The Bertz CT molecular complexity index is 678. The fourth-order valence-corrected chi connectivity index (χ4v) is 6.52. The van der Waals surface area contributed by atoms with Crippen LogP contribution in [0.2, 0.25) is 0 Å². The lowest BCUT2D eigenvalue weighted by Crippen LogP contribution is -2.68. The fraction of sp³-hybridized carbons (Fsp3) is 0.682. The Morgan fingerprint density at radius 1 is 1.15 bits per heavy atom. The maximum Gasteiger partial charge on any atom is 0.224 e. The molecule has 4 aliphatic heterocycles. The highest BCUT2D eigenvalue weighted by Crippen LogP contribution is 2.50. The van der Waals surface area contributed by atoms with Gasteiger partial charge in [-0.15, -0.1) is 0 Å². The zero-order chi connectivity index (χ0) is 18.4. The van der Waals surface area contributed by atoms with E-state index in [1.807, 2.05) is 0 Å². The van der Waals surface area contributed by atoms with Crippen molar-refractivity contribution >= 4 is 5.91 Å². The van der Waals surface area contributed by atoms with E-state index < -0.39 is 0 Å². The van der Waals surface area contributed by atoms with Crippen LogP contribution in [0.5, 0.6) is 0 Å². The minimum atomic E-state index is -0.0134. The Morgan fingerprint density at radius 2 is 1.89 bits per heavy atom. The number of piperidine rings is 3. The van der Waals surface area contributed by atoms with Crippen LogP contribution in [0.3, 0.4) is 0 Å². The number of hydrogen-bond donors (Lipinski definition) is 1. The first-order valence-corrected chi connectivity index (χ1v) is 10.7. The van der Waals surface area contributed by atoms with Crippen molar-refractivity contribution < 1.29 is 9.44 Å². The summed E-state index contributed by atoms with van der Waals surface area (Å²) in [6, 6.07) is 10.9. The molecule has 0 radical (unpaired) electrons. The van der Waals surface area contributed by atoms with Gasteiger partial charge in [0, 0.05) is 43.4 Å². The lowest BCUT2D eigenvalue weighted by atomic mass is 9.61. The molecule has 1 aromatic carbocycles. The smallest absolute Gasteiger partial charge is 0.224 e. The van der Waals surface area contributed by atoms with Crippen molar-refractivity contribution in [2.75, 3.05) is 39.3 Å². The topological polar surface area (TPSA) is 55.4 Å². The number of hydroxylamine groups is 3. The predicted molar refractivity (Wildman–Crippen MR) is 105 cm³/mol. The average Bonchev–Trinajstić information content (AvgIpc) is 3.06. The Labute approximate surface area is 161 Å². The van der Waals surface area contributed by atoms with E-state index in [4.69, 9.17) is 0 Å². The van der Waals surface area contributed by atoms with Gasteiger partial charge >= 0.3 is 0 Å². The molecule has 4 saturated heterocycles. The molecule has 6 rings (SSSR count). The number of likely N-dealkylation sites (tertiary alicyclic amines) is 1. The Kier molecular flexibility index (Phi) is 4.49. The highest BCUT2D eigenvalue weighted by atomic mass is 16.5. The second-order valence-electron chi connectivity index (χ2n) is 9.52. The van der Waals surface area contributed by atoms with Crippen molar-refractivity contribution in [1.82, 2.24) is 10.2 Å². The van der Waals surface area contributed by atoms with Gasteiger partial charge in [-0.1, -0.05) is 30.3 Å². The number of nitrogens with zero attached hydrogens (tertiary/aromatic N) is 2. The Balaban J connectivity index is 1.13. The van der Waals surface area contributed by atoms with Crippen molar-refractivity contribution in [2.45, 2.75) is 31.7 Å². The Hall–Kier alpha value is -1.43.